The fraction of sp³-hybridized carbons (Fsp3) is 0.407. The largest absolute Gasteiger partial charge is 0.352 e. The van der Waals surface area contributed by atoms with E-state index in [0.717, 1.165) is 17.7 Å². The fourth-order valence-electron chi connectivity index (χ4n) is 4.88. The first kappa shape index (κ1) is 24.4. The van der Waals surface area contributed by atoms with Gasteiger partial charge in [0.05, 0.1) is 11.3 Å². The molecule has 2 aromatic rings. The van der Waals surface area contributed by atoms with Crippen LogP contribution in [0.3, 0.4) is 0 Å². The Morgan fingerprint density at radius 3 is 2.49 bits per heavy atom. The molecule has 4 amide bonds. The van der Waals surface area contributed by atoms with Gasteiger partial charge in [0.25, 0.3) is 5.91 Å². The van der Waals surface area contributed by atoms with E-state index in [1.807, 2.05) is 50.2 Å². The van der Waals surface area contributed by atoms with E-state index in [4.69, 9.17) is 0 Å². The van der Waals surface area contributed by atoms with Crippen molar-refractivity contribution in [3.05, 3.63) is 59.7 Å². The average Bonchev–Trinajstić information content (AvgIpc) is 3.16. The maximum Gasteiger partial charge on any atom is 0.257 e. The number of carbonyl (C=O) groups is 4. The van der Waals surface area contributed by atoms with E-state index < -0.39 is 5.66 Å². The summed E-state index contributed by atoms with van der Waals surface area (Å²) < 4.78 is 0. The molecule has 8 nitrogen and oxygen atoms in total. The Hall–Kier alpha value is -3.68. The monoisotopic (exact) mass is 476 g/mol. The number of anilines is 2. The summed E-state index contributed by atoms with van der Waals surface area (Å²) in [7, 11) is 0. The topological polar surface area (TPSA) is 98.8 Å². The van der Waals surface area contributed by atoms with Gasteiger partial charge >= 0.3 is 0 Å². The van der Waals surface area contributed by atoms with Crippen LogP contribution in [-0.4, -0.2) is 40.7 Å². The third-order valence-corrected chi connectivity index (χ3v) is 6.74. The molecule has 2 aliphatic heterocycles. The van der Waals surface area contributed by atoms with Gasteiger partial charge in [-0.1, -0.05) is 31.2 Å². The van der Waals surface area contributed by atoms with Crippen LogP contribution < -0.4 is 15.5 Å². The zero-order valence-corrected chi connectivity index (χ0v) is 20.3. The number of hydrogen-bond donors (Lipinski definition) is 2. The van der Waals surface area contributed by atoms with Crippen molar-refractivity contribution in [2.45, 2.75) is 64.6 Å². The zero-order valence-electron chi connectivity index (χ0n) is 20.3. The van der Waals surface area contributed by atoms with Crippen LogP contribution in [0.4, 0.5) is 11.4 Å². The molecule has 4 rings (SSSR count). The van der Waals surface area contributed by atoms with Crippen LogP contribution in [0.2, 0.25) is 0 Å². The Balaban J connectivity index is 1.30. The van der Waals surface area contributed by atoms with Crippen molar-refractivity contribution >= 4 is 35.0 Å². The molecule has 184 valence electrons. The molecule has 2 aliphatic rings. The molecule has 0 bridgehead atoms. The number of nitrogens with zero attached hydrogens (tertiary/aromatic N) is 2. The van der Waals surface area contributed by atoms with Crippen LogP contribution in [0.15, 0.2) is 48.5 Å². The Morgan fingerprint density at radius 1 is 1.00 bits per heavy atom. The second-order valence-electron chi connectivity index (χ2n) is 9.30. The number of rotatable bonds is 9. The highest BCUT2D eigenvalue weighted by molar-refractivity contribution is 6.10. The van der Waals surface area contributed by atoms with Gasteiger partial charge in [-0.15, -0.1) is 0 Å². The molecule has 0 spiro atoms. The molecular formula is C27H32N4O4. The molecule has 0 radical (unpaired) electrons. The molecule has 8 heteroatoms. The summed E-state index contributed by atoms with van der Waals surface area (Å²) in [5.74, 6) is -0.186. The second-order valence-corrected chi connectivity index (χ2v) is 9.30. The number of hydrogen-bond acceptors (Lipinski definition) is 4. The Bertz CT molecular complexity index is 1130. The van der Waals surface area contributed by atoms with E-state index in [1.54, 1.807) is 21.9 Å². The minimum Gasteiger partial charge on any atom is -0.352 e. The summed E-state index contributed by atoms with van der Waals surface area (Å²) in [6.45, 7) is 4.67. The minimum absolute atomic E-state index is 0.0109. The van der Waals surface area contributed by atoms with Crippen LogP contribution in [0, 0.1) is 0 Å². The maximum absolute atomic E-state index is 13.2. The van der Waals surface area contributed by atoms with Gasteiger partial charge < -0.3 is 15.5 Å². The van der Waals surface area contributed by atoms with Crippen LogP contribution in [0.25, 0.3) is 0 Å². The first-order valence-corrected chi connectivity index (χ1v) is 12.2. The standard InChI is InChI=1S/C27H32N4O4/c1-3-7-24(33)29-20-13-11-19(12-14-20)18-28-23(32)10-6-17-30-26(35)21-8-4-5-9-22(21)31-25(34)15-16-27(30,31)2/h4-5,8-9,11-14H,3,6-7,10,15-18H2,1-2H3,(H,28,32)(H,29,33). The third-order valence-electron chi connectivity index (χ3n) is 6.74. The molecule has 1 saturated heterocycles. The number of amides is 4. The summed E-state index contributed by atoms with van der Waals surface area (Å²) in [5, 5.41) is 5.76. The zero-order chi connectivity index (χ0) is 25.0. The highest BCUT2D eigenvalue weighted by Crippen LogP contribution is 2.44. The Kier molecular flexibility index (Phi) is 7.19. The predicted molar refractivity (Wildman–Crippen MR) is 134 cm³/mol. The van der Waals surface area contributed by atoms with E-state index in [-0.39, 0.29) is 30.0 Å². The first-order chi connectivity index (χ1) is 16.8. The van der Waals surface area contributed by atoms with Crippen molar-refractivity contribution in [2.75, 3.05) is 16.8 Å². The fourth-order valence-corrected chi connectivity index (χ4v) is 4.88. The van der Waals surface area contributed by atoms with Gasteiger partial charge in [-0.25, -0.2) is 0 Å². The van der Waals surface area contributed by atoms with Crippen molar-refractivity contribution in [1.29, 1.82) is 0 Å². The lowest BCUT2D eigenvalue weighted by Crippen LogP contribution is -2.62. The SMILES string of the molecule is CCCC(=O)Nc1ccc(CNC(=O)CCCN2C(=O)c3ccccc3N3C(=O)CCC23C)cc1. The summed E-state index contributed by atoms with van der Waals surface area (Å²) in [5.41, 5.74) is 2.17. The predicted octanol–water partition coefficient (Wildman–Crippen LogP) is 3.82. The molecule has 1 fully saturated rings. The molecule has 2 aromatic carbocycles. The van der Waals surface area contributed by atoms with Crippen molar-refractivity contribution in [3.63, 3.8) is 0 Å². The minimum atomic E-state index is -0.701. The maximum atomic E-state index is 13.2. The van der Waals surface area contributed by atoms with E-state index in [9.17, 15) is 19.2 Å². The Labute approximate surface area is 205 Å². The summed E-state index contributed by atoms with van der Waals surface area (Å²) >= 11 is 0. The summed E-state index contributed by atoms with van der Waals surface area (Å²) in [6.07, 6.45) is 3.04. The molecular weight excluding hydrogens is 444 g/mol. The highest BCUT2D eigenvalue weighted by Gasteiger charge is 2.52. The molecule has 2 heterocycles. The number of para-hydroxylation sites is 1. The summed E-state index contributed by atoms with van der Waals surface area (Å²) in [4.78, 5) is 53.5. The average molecular weight is 477 g/mol. The quantitative estimate of drug-likeness (QED) is 0.575. The molecule has 1 atom stereocenters. The number of fused-ring (bicyclic) bond motifs is 3. The van der Waals surface area contributed by atoms with Gasteiger partial charge in [-0.05, 0) is 56.0 Å². The lowest BCUT2D eigenvalue weighted by atomic mass is 9.98. The van der Waals surface area contributed by atoms with Gasteiger partial charge in [-0.2, -0.15) is 0 Å². The van der Waals surface area contributed by atoms with Gasteiger partial charge in [0.1, 0.15) is 5.66 Å². The van der Waals surface area contributed by atoms with Crippen LogP contribution in [0.1, 0.15) is 68.3 Å². The van der Waals surface area contributed by atoms with E-state index >= 15 is 0 Å². The second kappa shape index (κ2) is 10.3. The number of carbonyl (C=O) groups excluding carboxylic acids is 4. The van der Waals surface area contributed by atoms with Gasteiger partial charge in [0, 0.05) is 38.0 Å². The van der Waals surface area contributed by atoms with E-state index in [2.05, 4.69) is 10.6 Å². The van der Waals surface area contributed by atoms with E-state index in [1.165, 1.54) is 0 Å². The van der Waals surface area contributed by atoms with Gasteiger partial charge in [0.2, 0.25) is 17.7 Å². The third kappa shape index (κ3) is 5.06. The number of nitrogens with one attached hydrogen (secondary N) is 2. The molecule has 0 saturated carbocycles. The van der Waals surface area contributed by atoms with Crippen LogP contribution in [0.5, 0.6) is 0 Å². The van der Waals surface area contributed by atoms with Gasteiger partial charge in [0.15, 0.2) is 0 Å². The van der Waals surface area contributed by atoms with E-state index in [0.29, 0.717) is 50.0 Å². The van der Waals surface area contributed by atoms with Crippen LogP contribution in [-0.2, 0) is 20.9 Å². The molecule has 1 unspecified atom stereocenters. The molecule has 35 heavy (non-hydrogen) atoms. The molecule has 2 N–H and O–H groups in total. The summed E-state index contributed by atoms with van der Waals surface area (Å²) in [6, 6.07) is 14.6. The number of benzene rings is 2. The normalized spacial score (nSPS) is 18.8. The lowest BCUT2D eigenvalue weighted by molar-refractivity contribution is -0.121. The lowest BCUT2D eigenvalue weighted by Gasteiger charge is -2.48. The molecule has 0 aliphatic carbocycles. The van der Waals surface area contributed by atoms with Crippen molar-refractivity contribution in [2.24, 2.45) is 0 Å². The van der Waals surface area contributed by atoms with Crippen molar-refractivity contribution in [1.82, 2.24) is 10.2 Å². The smallest absolute Gasteiger partial charge is 0.257 e. The van der Waals surface area contributed by atoms with Crippen molar-refractivity contribution in [3.8, 4) is 0 Å². The van der Waals surface area contributed by atoms with Crippen LogP contribution >= 0.6 is 0 Å². The highest BCUT2D eigenvalue weighted by atomic mass is 16.2. The van der Waals surface area contributed by atoms with Crippen molar-refractivity contribution < 1.29 is 19.2 Å². The Morgan fingerprint density at radius 2 is 1.74 bits per heavy atom. The molecule has 0 aromatic heterocycles. The van der Waals surface area contributed by atoms with Gasteiger partial charge in [-0.3, -0.25) is 24.1 Å². The first-order valence-electron chi connectivity index (χ1n) is 12.2.